The van der Waals surface area contributed by atoms with Crippen molar-refractivity contribution in [3.05, 3.63) is 84.0 Å². The molecule has 0 fully saturated rings. The number of nitrogens with one attached hydrogen (secondary N) is 2. The van der Waals surface area contributed by atoms with Gasteiger partial charge in [0.1, 0.15) is 34.2 Å². The van der Waals surface area contributed by atoms with Gasteiger partial charge in [0.15, 0.2) is 0 Å². The Labute approximate surface area is 237 Å². The summed E-state index contributed by atoms with van der Waals surface area (Å²) in [6.45, 7) is 7.24. The van der Waals surface area contributed by atoms with E-state index in [1.54, 1.807) is 35.9 Å². The molecule has 40 heavy (non-hydrogen) atoms. The number of anilines is 3. The van der Waals surface area contributed by atoms with Gasteiger partial charge in [-0.3, -0.25) is 4.79 Å². The summed E-state index contributed by atoms with van der Waals surface area (Å²) in [6, 6.07) is 20.6. The van der Waals surface area contributed by atoms with Crippen molar-refractivity contribution >= 4 is 44.7 Å². The van der Waals surface area contributed by atoms with Crippen molar-refractivity contribution in [2.45, 2.75) is 20.8 Å². The average molecular weight is 555 g/mol. The fraction of sp³-hybridized carbons (Fsp3) is 0.194. The second kappa shape index (κ2) is 12.5. The van der Waals surface area contributed by atoms with Crippen LogP contribution in [0, 0.1) is 0 Å². The summed E-state index contributed by atoms with van der Waals surface area (Å²) in [6.07, 6.45) is 1.54. The standard InChI is InChI=1S/C31H30N4O4S/c1-4-37-22-14-12-20(13-15-22)23-18-40-31-28(23)29(32-19-33-31)34-24-16-27(39-6-3)25(17-26(24)38-5-2)35-30(36)21-10-8-7-9-11-21/h7-19H,4-6H2,1-3H3,(H,35,36)(H,32,33,34). The van der Waals surface area contributed by atoms with Gasteiger partial charge in [-0.05, 0) is 50.6 Å². The first kappa shape index (κ1) is 27.0. The third-order valence-corrected chi connectivity index (χ3v) is 6.95. The molecule has 0 bridgehead atoms. The highest BCUT2D eigenvalue weighted by Gasteiger charge is 2.19. The molecule has 0 aliphatic carbocycles. The number of fused-ring (bicyclic) bond motifs is 1. The fourth-order valence-electron chi connectivity index (χ4n) is 4.30. The number of thiophene rings is 1. The second-order valence-electron chi connectivity index (χ2n) is 8.66. The van der Waals surface area contributed by atoms with E-state index in [1.165, 1.54) is 0 Å². The molecule has 0 aliphatic rings. The molecule has 1 amide bonds. The van der Waals surface area contributed by atoms with Gasteiger partial charge in [-0.2, -0.15) is 0 Å². The summed E-state index contributed by atoms with van der Waals surface area (Å²) in [7, 11) is 0. The number of carbonyl (C=O) groups excluding carboxylic acids is 1. The molecule has 2 aromatic heterocycles. The Balaban J connectivity index is 1.53. The number of nitrogens with zero attached hydrogens (tertiary/aromatic N) is 2. The molecular weight excluding hydrogens is 524 g/mol. The van der Waals surface area contributed by atoms with Crippen LogP contribution in [0.4, 0.5) is 17.2 Å². The van der Waals surface area contributed by atoms with E-state index in [0.29, 0.717) is 54.1 Å². The van der Waals surface area contributed by atoms with Gasteiger partial charge < -0.3 is 24.8 Å². The summed E-state index contributed by atoms with van der Waals surface area (Å²) in [5.41, 5.74) is 3.77. The zero-order valence-corrected chi connectivity index (χ0v) is 23.4. The van der Waals surface area contributed by atoms with Crippen molar-refractivity contribution in [1.82, 2.24) is 9.97 Å². The van der Waals surface area contributed by atoms with Crippen molar-refractivity contribution in [1.29, 1.82) is 0 Å². The molecule has 0 saturated carbocycles. The first-order valence-corrected chi connectivity index (χ1v) is 14.0. The molecule has 2 heterocycles. The summed E-state index contributed by atoms with van der Waals surface area (Å²) < 4.78 is 17.5. The Morgan fingerprint density at radius 1 is 0.825 bits per heavy atom. The van der Waals surface area contributed by atoms with E-state index in [2.05, 4.69) is 26.0 Å². The zero-order chi connectivity index (χ0) is 27.9. The lowest BCUT2D eigenvalue weighted by Gasteiger charge is -2.18. The molecule has 5 rings (SSSR count). The smallest absolute Gasteiger partial charge is 0.255 e. The molecule has 0 atom stereocenters. The third-order valence-electron chi connectivity index (χ3n) is 6.07. The van der Waals surface area contributed by atoms with Crippen molar-refractivity contribution in [3.63, 3.8) is 0 Å². The van der Waals surface area contributed by atoms with Gasteiger partial charge in [0.25, 0.3) is 5.91 Å². The van der Waals surface area contributed by atoms with E-state index in [9.17, 15) is 4.79 Å². The average Bonchev–Trinajstić information content (AvgIpc) is 3.42. The SMILES string of the molecule is CCOc1ccc(-c2csc3ncnc(Nc4cc(OCC)c(NC(=O)c5ccccc5)cc4OCC)c23)cc1. The quantitative estimate of drug-likeness (QED) is 0.174. The van der Waals surface area contributed by atoms with Gasteiger partial charge in [-0.1, -0.05) is 30.3 Å². The minimum absolute atomic E-state index is 0.236. The van der Waals surface area contributed by atoms with Crippen LogP contribution >= 0.6 is 11.3 Å². The largest absolute Gasteiger partial charge is 0.494 e. The number of carbonyl (C=O) groups is 1. The highest BCUT2D eigenvalue weighted by Crippen LogP contribution is 2.42. The van der Waals surface area contributed by atoms with Crippen LogP contribution in [-0.4, -0.2) is 35.7 Å². The Morgan fingerprint density at radius 3 is 2.20 bits per heavy atom. The van der Waals surface area contributed by atoms with Crippen LogP contribution < -0.4 is 24.8 Å². The van der Waals surface area contributed by atoms with Gasteiger partial charge in [-0.25, -0.2) is 9.97 Å². The number of rotatable bonds is 11. The van der Waals surface area contributed by atoms with Crippen molar-refractivity contribution in [3.8, 4) is 28.4 Å². The van der Waals surface area contributed by atoms with Gasteiger partial charge in [0, 0.05) is 28.6 Å². The van der Waals surface area contributed by atoms with Gasteiger partial charge in [-0.15, -0.1) is 11.3 Å². The van der Waals surface area contributed by atoms with Crippen LogP contribution in [0.5, 0.6) is 17.2 Å². The maximum absolute atomic E-state index is 12.9. The number of amides is 1. The minimum Gasteiger partial charge on any atom is -0.494 e. The monoisotopic (exact) mass is 554 g/mol. The first-order chi connectivity index (χ1) is 19.6. The summed E-state index contributed by atoms with van der Waals surface area (Å²) in [4.78, 5) is 22.9. The molecule has 3 aromatic carbocycles. The van der Waals surface area contributed by atoms with E-state index in [0.717, 1.165) is 27.1 Å². The Kier molecular flexibility index (Phi) is 8.41. The molecule has 0 unspecified atom stereocenters. The molecule has 9 heteroatoms. The third kappa shape index (κ3) is 5.84. The van der Waals surface area contributed by atoms with Crippen LogP contribution in [0.1, 0.15) is 31.1 Å². The lowest BCUT2D eigenvalue weighted by Crippen LogP contribution is -2.13. The molecule has 204 valence electrons. The predicted molar refractivity (Wildman–Crippen MR) is 160 cm³/mol. The van der Waals surface area contributed by atoms with E-state index in [4.69, 9.17) is 14.2 Å². The highest BCUT2D eigenvalue weighted by atomic mass is 32.1. The van der Waals surface area contributed by atoms with Crippen LogP contribution in [0.2, 0.25) is 0 Å². The van der Waals surface area contributed by atoms with Crippen molar-refractivity contribution in [2.24, 2.45) is 0 Å². The second-order valence-corrected chi connectivity index (χ2v) is 9.52. The van der Waals surface area contributed by atoms with Crippen LogP contribution in [0.3, 0.4) is 0 Å². The van der Waals surface area contributed by atoms with Gasteiger partial charge in [0.2, 0.25) is 0 Å². The minimum atomic E-state index is -0.236. The number of aromatic nitrogens is 2. The van der Waals surface area contributed by atoms with E-state index >= 15 is 0 Å². The van der Waals surface area contributed by atoms with E-state index < -0.39 is 0 Å². The van der Waals surface area contributed by atoms with Crippen molar-refractivity contribution < 1.29 is 19.0 Å². The molecule has 5 aromatic rings. The molecule has 0 spiro atoms. The lowest BCUT2D eigenvalue weighted by atomic mass is 10.1. The van der Waals surface area contributed by atoms with Crippen LogP contribution in [0.15, 0.2) is 78.4 Å². The fourth-order valence-corrected chi connectivity index (χ4v) is 5.21. The molecule has 8 nitrogen and oxygen atoms in total. The molecule has 0 radical (unpaired) electrons. The number of benzene rings is 3. The molecule has 0 aliphatic heterocycles. The summed E-state index contributed by atoms with van der Waals surface area (Å²) in [5, 5.41) is 9.40. The predicted octanol–water partition coefficient (Wildman–Crippen LogP) is 7.55. The van der Waals surface area contributed by atoms with E-state index in [1.807, 2.05) is 69.3 Å². The Hall–Kier alpha value is -4.63. The van der Waals surface area contributed by atoms with Crippen molar-refractivity contribution in [2.75, 3.05) is 30.5 Å². The molecule has 0 saturated heterocycles. The Morgan fingerprint density at radius 2 is 1.50 bits per heavy atom. The van der Waals surface area contributed by atoms with Crippen LogP contribution in [0.25, 0.3) is 21.3 Å². The summed E-state index contributed by atoms with van der Waals surface area (Å²) >= 11 is 1.56. The maximum Gasteiger partial charge on any atom is 0.255 e. The van der Waals surface area contributed by atoms with Gasteiger partial charge >= 0.3 is 0 Å². The number of hydrogen-bond donors (Lipinski definition) is 2. The zero-order valence-electron chi connectivity index (χ0n) is 22.6. The molecular formula is C31H30N4O4S. The van der Waals surface area contributed by atoms with Gasteiger partial charge in [0.05, 0.1) is 36.6 Å². The normalized spacial score (nSPS) is 10.8. The number of ether oxygens (including phenoxy) is 3. The lowest BCUT2D eigenvalue weighted by molar-refractivity contribution is 0.102. The highest BCUT2D eigenvalue weighted by molar-refractivity contribution is 7.17. The maximum atomic E-state index is 12.9. The first-order valence-electron chi connectivity index (χ1n) is 13.1. The Bertz CT molecular complexity index is 1600. The molecule has 2 N–H and O–H groups in total. The van der Waals surface area contributed by atoms with Crippen LogP contribution in [-0.2, 0) is 0 Å². The summed E-state index contributed by atoms with van der Waals surface area (Å²) in [5.74, 6) is 2.30. The van der Waals surface area contributed by atoms with E-state index in [-0.39, 0.29) is 5.91 Å². The topological polar surface area (TPSA) is 94.6 Å². The number of hydrogen-bond acceptors (Lipinski definition) is 8.